The topological polar surface area (TPSA) is 15.3 Å². The van der Waals surface area contributed by atoms with E-state index in [0.29, 0.717) is 6.04 Å². The van der Waals surface area contributed by atoms with Gasteiger partial charge in [-0.25, -0.2) is 0 Å². The minimum atomic E-state index is 0.697. The monoisotopic (exact) mass is 254 g/mol. The van der Waals surface area contributed by atoms with Gasteiger partial charge in [0.1, 0.15) is 0 Å². The highest BCUT2D eigenvalue weighted by Gasteiger charge is 2.29. The molecule has 0 amide bonds. The summed E-state index contributed by atoms with van der Waals surface area (Å²) in [5.74, 6) is 2.36. The van der Waals surface area contributed by atoms with Crippen molar-refractivity contribution in [3.05, 3.63) is 0 Å². The highest BCUT2D eigenvalue weighted by molar-refractivity contribution is 4.83. The Labute approximate surface area is 115 Å². The SMILES string of the molecule is CC(C)CNCC(C)C(C)N1CC(C)CCC1C. The molecule has 1 aliphatic heterocycles. The Balaban J connectivity index is 2.38. The number of hydrogen-bond donors (Lipinski definition) is 1. The van der Waals surface area contributed by atoms with Gasteiger partial charge < -0.3 is 5.32 Å². The normalized spacial score (nSPS) is 29.5. The fourth-order valence-electron chi connectivity index (χ4n) is 2.99. The predicted octanol–water partition coefficient (Wildman–Crippen LogP) is 3.38. The summed E-state index contributed by atoms with van der Waals surface area (Å²) in [5.41, 5.74) is 0. The minimum absolute atomic E-state index is 0.697. The van der Waals surface area contributed by atoms with Crippen molar-refractivity contribution in [1.82, 2.24) is 10.2 Å². The molecular formula is C16H34N2. The molecule has 0 aromatic carbocycles. The van der Waals surface area contributed by atoms with Crippen molar-refractivity contribution in [3.8, 4) is 0 Å². The molecule has 1 rings (SSSR count). The van der Waals surface area contributed by atoms with Crippen LogP contribution in [0, 0.1) is 17.8 Å². The van der Waals surface area contributed by atoms with E-state index in [4.69, 9.17) is 0 Å². The molecule has 1 aliphatic rings. The predicted molar refractivity (Wildman–Crippen MR) is 80.9 cm³/mol. The number of likely N-dealkylation sites (tertiary alicyclic amines) is 1. The molecule has 1 fully saturated rings. The van der Waals surface area contributed by atoms with E-state index in [1.54, 1.807) is 0 Å². The molecule has 1 saturated heterocycles. The Hall–Kier alpha value is -0.0800. The van der Waals surface area contributed by atoms with Crippen molar-refractivity contribution < 1.29 is 0 Å². The lowest BCUT2D eigenvalue weighted by Gasteiger charge is -2.43. The van der Waals surface area contributed by atoms with E-state index >= 15 is 0 Å². The lowest BCUT2D eigenvalue weighted by atomic mass is 9.90. The molecule has 18 heavy (non-hydrogen) atoms. The van der Waals surface area contributed by atoms with Gasteiger partial charge in [0.25, 0.3) is 0 Å². The van der Waals surface area contributed by atoms with Gasteiger partial charge in [-0.15, -0.1) is 0 Å². The van der Waals surface area contributed by atoms with Crippen LogP contribution < -0.4 is 5.32 Å². The highest BCUT2D eigenvalue weighted by Crippen LogP contribution is 2.25. The third-order valence-corrected chi connectivity index (χ3v) is 4.53. The molecule has 1 N–H and O–H groups in total. The second-order valence-electron chi connectivity index (χ2n) is 7.00. The molecule has 2 heteroatoms. The molecule has 0 aromatic heterocycles. The van der Waals surface area contributed by atoms with Crippen LogP contribution in [0.4, 0.5) is 0 Å². The molecule has 0 radical (unpaired) electrons. The smallest absolute Gasteiger partial charge is 0.0108 e. The van der Waals surface area contributed by atoms with Crippen LogP contribution in [0.2, 0.25) is 0 Å². The Morgan fingerprint density at radius 3 is 2.33 bits per heavy atom. The third-order valence-electron chi connectivity index (χ3n) is 4.53. The van der Waals surface area contributed by atoms with Crippen molar-refractivity contribution in [2.75, 3.05) is 19.6 Å². The van der Waals surface area contributed by atoms with Crippen LogP contribution >= 0.6 is 0 Å². The summed E-state index contributed by atoms with van der Waals surface area (Å²) in [7, 11) is 0. The first-order chi connectivity index (χ1) is 8.41. The third kappa shape index (κ3) is 4.89. The minimum Gasteiger partial charge on any atom is -0.316 e. The lowest BCUT2D eigenvalue weighted by molar-refractivity contribution is 0.0594. The maximum atomic E-state index is 3.60. The van der Waals surface area contributed by atoms with Crippen LogP contribution in [0.1, 0.15) is 54.4 Å². The molecule has 0 bridgehead atoms. The van der Waals surface area contributed by atoms with Crippen molar-refractivity contribution >= 4 is 0 Å². The molecular weight excluding hydrogens is 220 g/mol. The Morgan fingerprint density at radius 1 is 1.06 bits per heavy atom. The van der Waals surface area contributed by atoms with Gasteiger partial charge in [0.15, 0.2) is 0 Å². The van der Waals surface area contributed by atoms with E-state index in [9.17, 15) is 0 Å². The quantitative estimate of drug-likeness (QED) is 0.782. The first-order valence-corrected chi connectivity index (χ1v) is 7.88. The summed E-state index contributed by atoms with van der Waals surface area (Å²) in [4.78, 5) is 2.73. The van der Waals surface area contributed by atoms with E-state index in [-0.39, 0.29) is 0 Å². The molecule has 4 atom stereocenters. The largest absolute Gasteiger partial charge is 0.316 e. The first kappa shape index (κ1) is 16.0. The molecule has 0 aliphatic carbocycles. The number of piperidine rings is 1. The average molecular weight is 254 g/mol. The highest BCUT2D eigenvalue weighted by atomic mass is 15.2. The number of nitrogens with one attached hydrogen (secondary N) is 1. The van der Waals surface area contributed by atoms with E-state index in [2.05, 4.69) is 51.8 Å². The van der Waals surface area contributed by atoms with Gasteiger partial charge in [0.05, 0.1) is 0 Å². The molecule has 0 aromatic rings. The summed E-state index contributed by atoms with van der Waals surface area (Å²) in [6, 6.07) is 1.46. The maximum absolute atomic E-state index is 3.60. The van der Waals surface area contributed by atoms with Crippen LogP contribution in [-0.2, 0) is 0 Å². The van der Waals surface area contributed by atoms with E-state index < -0.39 is 0 Å². The Morgan fingerprint density at radius 2 is 1.72 bits per heavy atom. The zero-order valence-electron chi connectivity index (χ0n) is 13.4. The lowest BCUT2D eigenvalue weighted by Crippen LogP contribution is -2.50. The number of nitrogens with zero attached hydrogens (tertiary/aromatic N) is 1. The summed E-state index contributed by atoms with van der Waals surface area (Å²) in [6.07, 6.45) is 2.78. The van der Waals surface area contributed by atoms with Gasteiger partial charge in [-0.1, -0.05) is 27.7 Å². The van der Waals surface area contributed by atoms with E-state index in [0.717, 1.165) is 36.9 Å². The van der Waals surface area contributed by atoms with Gasteiger partial charge in [-0.05, 0) is 57.5 Å². The Bertz CT molecular complexity index is 227. The summed E-state index contributed by atoms with van der Waals surface area (Å²) in [6.45, 7) is 17.7. The number of hydrogen-bond acceptors (Lipinski definition) is 2. The van der Waals surface area contributed by atoms with Gasteiger partial charge >= 0.3 is 0 Å². The number of rotatable bonds is 6. The van der Waals surface area contributed by atoms with Crippen molar-refractivity contribution in [2.45, 2.75) is 66.5 Å². The second-order valence-corrected chi connectivity index (χ2v) is 7.00. The maximum Gasteiger partial charge on any atom is 0.0108 e. The standard InChI is InChI=1S/C16H34N2/c1-12(2)9-17-10-14(4)16(6)18-11-13(3)7-8-15(18)5/h12-17H,7-11H2,1-6H3. The van der Waals surface area contributed by atoms with Crippen LogP contribution in [0.25, 0.3) is 0 Å². The fourth-order valence-corrected chi connectivity index (χ4v) is 2.99. The second kappa shape index (κ2) is 7.49. The van der Waals surface area contributed by atoms with Crippen LogP contribution in [0.3, 0.4) is 0 Å². The summed E-state index contributed by atoms with van der Waals surface area (Å²) >= 11 is 0. The van der Waals surface area contributed by atoms with E-state index in [1.807, 2.05) is 0 Å². The first-order valence-electron chi connectivity index (χ1n) is 7.88. The molecule has 0 spiro atoms. The van der Waals surface area contributed by atoms with Gasteiger partial charge in [-0.3, -0.25) is 4.90 Å². The average Bonchev–Trinajstić information content (AvgIpc) is 2.30. The zero-order valence-corrected chi connectivity index (χ0v) is 13.4. The molecule has 108 valence electrons. The van der Waals surface area contributed by atoms with E-state index in [1.165, 1.54) is 19.4 Å². The van der Waals surface area contributed by atoms with Crippen molar-refractivity contribution in [3.63, 3.8) is 0 Å². The molecule has 0 saturated carbocycles. The summed E-state index contributed by atoms with van der Waals surface area (Å²) < 4.78 is 0. The van der Waals surface area contributed by atoms with Gasteiger partial charge in [0.2, 0.25) is 0 Å². The van der Waals surface area contributed by atoms with Gasteiger partial charge in [-0.2, -0.15) is 0 Å². The molecule has 1 heterocycles. The van der Waals surface area contributed by atoms with Crippen LogP contribution in [0.15, 0.2) is 0 Å². The molecule has 2 nitrogen and oxygen atoms in total. The van der Waals surface area contributed by atoms with Crippen molar-refractivity contribution in [1.29, 1.82) is 0 Å². The van der Waals surface area contributed by atoms with Crippen LogP contribution in [-0.4, -0.2) is 36.6 Å². The zero-order chi connectivity index (χ0) is 13.7. The van der Waals surface area contributed by atoms with Crippen LogP contribution in [0.5, 0.6) is 0 Å². The molecule has 4 unspecified atom stereocenters. The summed E-state index contributed by atoms with van der Waals surface area (Å²) in [5, 5.41) is 3.60. The van der Waals surface area contributed by atoms with Gasteiger partial charge in [0, 0.05) is 18.6 Å². The Kier molecular flexibility index (Phi) is 6.65. The van der Waals surface area contributed by atoms with Crippen molar-refractivity contribution in [2.24, 2.45) is 17.8 Å². The fraction of sp³-hybridized carbons (Fsp3) is 1.00.